The van der Waals surface area contributed by atoms with E-state index in [4.69, 9.17) is 5.11 Å². The van der Waals surface area contributed by atoms with Crippen LogP contribution in [0, 0.1) is 0 Å². The number of allylic oxidation sites excluding steroid dienone is 3. The Labute approximate surface area is 59.9 Å². The predicted molar refractivity (Wildman–Crippen MR) is 38.7 cm³/mol. The standard InChI is InChI=1S/C8H10O2/c1-6-2-3-7(4-6)5-8(9)10/h2,4H,3,5H2,1H3,(H,9,10). The molecule has 0 amide bonds. The van der Waals surface area contributed by atoms with Crippen LogP contribution in [0.1, 0.15) is 19.8 Å². The first-order valence-corrected chi connectivity index (χ1v) is 3.26. The fourth-order valence-corrected chi connectivity index (χ4v) is 1.05. The average Bonchev–Trinajstić information content (AvgIpc) is 2.13. The van der Waals surface area contributed by atoms with Crippen LogP contribution in [0.2, 0.25) is 0 Å². The maximum atomic E-state index is 10.2. The van der Waals surface area contributed by atoms with Crippen LogP contribution in [0.4, 0.5) is 0 Å². The minimum Gasteiger partial charge on any atom is -0.481 e. The summed E-state index contributed by atoms with van der Waals surface area (Å²) in [5.74, 6) is -0.741. The quantitative estimate of drug-likeness (QED) is 0.631. The van der Waals surface area contributed by atoms with Gasteiger partial charge in [0.25, 0.3) is 0 Å². The summed E-state index contributed by atoms with van der Waals surface area (Å²) >= 11 is 0. The van der Waals surface area contributed by atoms with Crippen LogP contribution in [0.5, 0.6) is 0 Å². The van der Waals surface area contributed by atoms with E-state index in [0.29, 0.717) is 0 Å². The van der Waals surface area contributed by atoms with Gasteiger partial charge in [0.1, 0.15) is 0 Å². The molecule has 2 heteroatoms. The Kier molecular flexibility index (Phi) is 1.90. The molecule has 0 radical (unpaired) electrons. The van der Waals surface area contributed by atoms with Crippen molar-refractivity contribution in [2.24, 2.45) is 0 Å². The maximum Gasteiger partial charge on any atom is 0.307 e. The summed E-state index contributed by atoms with van der Waals surface area (Å²) < 4.78 is 0. The number of hydrogen-bond donors (Lipinski definition) is 1. The van der Waals surface area contributed by atoms with E-state index >= 15 is 0 Å². The van der Waals surface area contributed by atoms with Gasteiger partial charge in [0.15, 0.2) is 0 Å². The van der Waals surface area contributed by atoms with Gasteiger partial charge < -0.3 is 5.11 Å². The summed E-state index contributed by atoms with van der Waals surface area (Å²) in [4.78, 5) is 10.2. The molecule has 0 saturated heterocycles. The second-order valence-electron chi connectivity index (χ2n) is 2.53. The summed E-state index contributed by atoms with van der Waals surface area (Å²) in [6.07, 6.45) is 4.98. The molecule has 1 N–H and O–H groups in total. The van der Waals surface area contributed by atoms with Crippen molar-refractivity contribution < 1.29 is 9.90 Å². The van der Waals surface area contributed by atoms with Gasteiger partial charge in [0, 0.05) is 0 Å². The van der Waals surface area contributed by atoms with Crippen molar-refractivity contribution in [1.82, 2.24) is 0 Å². The Morgan fingerprint density at radius 1 is 1.80 bits per heavy atom. The first kappa shape index (κ1) is 7.06. The third-order valence-corrected chi connectivity index (χ3v) is 1.50. The first-order chi connectivity index (χ1) is 4.68. The van der Waals surface area contributed by atoms with Crippen LogP contribution in [0.25, 0.3) is 0 Å². The van der Waals surface area contributed by atoms with Gasteiger partial charge in [-0.1, -0.05) is 23.3 Å². The molecule has 1 rings (SSSR count). The number of rotatable bonds is 2. The Bertz CT molecular complexity index is 211. The molecule has 2 nitrogen and oxygen atoms in total. The third kappa shape index (κ3) is 1.72. The molecule has 0 fully saturated rings. The minimum absolute atomic E-state index is 0.188. The molecule has 0 aliphatic heterocycles. The molecule has 0 aromatic heterocycles. The number of aliphatic carboxylic acids is 1. The van der Waals surface area contributed by atoms with Crippen LogP contribution >= 0.6 is 0 Å². The van der Waals surface area contributed by atoms with E-state index in [0.717, 1.165) is 12.0 Å². The highest BCUT2D eigenvalue weighted by Gasteiger charge is 2.06. The summed E-state index contributed by atoms with van der Waals surface area (Å²) in [5, 5.41) is 8.40. The molecule has 0 spiro atoms. The van der Waals surface area contributed by atoms with Gasteiger partial charge >= 0.3 is 5.97 Å². The normalized spacial score (nSPS) is 16.5. The van der Waals surface area contributed by atoms with E-state index in [9.17, 15) is 4.79 Å². The lowest BCUT2D eigenvalue weighted by Gasteiger charge is -1.92. The first-order valence-electron chi connectivity index (χ1n) is 3.26. The molecule has 10 heavy (non-hydrogen) atoms. The fraction of sp³-hybridized carbons (Fsp3) is 0.375. The molecule has 1 aliphatic rings. The molecule has 0 bridgehead atoms. The van der Waals surface area contributed by atoms with Crippen LogP contribution in [-0.4, -0.2) is 11.1 Å². The van der Waals surface area contributed by atoms with Crippen molar-refractivity contribution in [2.45, 2.75) is 19.8 Å². The van der Waals surface area contributed by atoms with Crippen molar-refractivity contribution in [1.29, 1.82) is 0 Å². The van der Waals surface area contributed by atoms with Crippen molar-refractivity contribution >= 4 is 5.97 Å². The average molecular weight is 138 g/mol. The van der Waals surface area contributed by atoms with E-state index in [1.165, 1.54) is 5.57 Å². The van der Waals surface area contributed by atoms with Crippen LogP contribution in [-0.2, 0) is 4.79 Å². The topological polar surface area (TPSA) is 37.3 Å². The number of hydrogen-bond acceptors (Lipinski definition) is 1. The smallest absolute Gasteiger partial charge is 0.307 e. The summed E-state index contributed by atoms with van der Waals surface area (Å²) in [6.45, 7) is 1.98. The molecule has 0 aromatic rings. The lowest BCUT2D eigenvalue weighted by Crippen LogP contribution is -1.94. The van der Waals surface area contributed by atoms with Gasteiger partial charge in [-0.2, -0.15) is 0 Å². The monoisotopic (exact) mass is 138 g/mol. The highest BCUT2D eigenvalue weighted by molar-refractivity contribution is 5.70. The zero-order valence-corrected chi connectivity index (χ0v) is 5.92. The van der Waals surface area contributed by atoms with Crippen LogP contribution < -0.4 is 0 Å². The molecule has 0 saturated carbocycles. The Morgan fingerprint density at radius 3 is 2.90 bits per heavy atom. The maximum absolute atomic E-state index is 10.2. The highest BCUT2D eigenvalue weighted by atomic mass is 16.4. The van der Waals surface area contributed by atoms with E-state index in [-0.39, 0.29) is 6.42 Å². The number of carboxylic acids is 1. The molecular formula is C8H10O2. The summed E-state index contributed by atoms with van der Waals surface area (Å²) in [7, 11) is 0. The summed E-state index contributed by atoms with van der Waals surface area (Å²) in [6, 6.07) is 0. The molecule has 54 valence electrons. The molecule has 0 atom stereocenters. The second-order valence-corrected chi connectivity index (χ2v) is 2.53. The van der Waals surface area contributed by atoms with Gasteiger partial charge in [-0.15, -0.1) is 0 Å². The lowest BCUT2D eigenvalue weighted by atomic mass is 10.2. The minimum atomic E-state index is -0.741. The number of carbonyl (C=O) groups is 1. The Balaban J connectivity index is 2.48. The fourth-order valence-electron chi connectivity index (χ4n) is 1.05. The van der Waals surface area contributed by atoms with Gasteiger partial charge in [-0.3, -0.25) is 4.79 Å². The Hall–Kier alpha value is -1.05. The van der Waals surface area contributed by atoms with Crippen molar-refractivity contribution in [3.8, 4) is 0 Å². The van der Waals surface area contributed by atoms with Crippen molar-refractivity contribution in [3.05, 3.63) is 23.3 Å². The van der Waals surface area contributed by atoms with Crippen molar-refractivity contribution in [2.75, 3.05) is 0 Å². The summed E-state index contributed by atoms with van der Waals surface area (Å²) in [5.41, 5.74) is 2.18. The second kappa shape index (κ2) is 2.69. The van der Waals surface area contributed by atoms with Crippen LogP contribution in [0.15, 0.2) is 23.3 Å². The van der Waals surface area contributed by atoms with Gasteiger partial charge in [-0.25, -0.2) is 0 Å². The Morgan fingerprint density at radius 2 is 2.50 bits per heavy atom. The zero-order valence-electron chi connectivity index (χ0n) is 5.92. The molecule has 0 aromatic carbocycles. The van der Waals surface area contributed by atoms with E-state index < -0.39 is 5.97 Å². The lowest BCUT2D eigenvalue weighted by molar-refractivity contribution is -0.136. The third-order valence-electron chi connectivity index (χ3n) is 1.50. The van der Waals surface area contributed by atoms with E-state index in [1.54, 1.807) is 0 Å². The number of carboxylic acid groups (broad SMARTS) is 1. The van der Waals surface area contributed by atoms with E-state index in [1.807, 2.05) is 19.1 Å². The zero-order chi connectivity index (χ0) is 7.56. The van der Waals surface area contributed by atoms with Crippen molar-refractivity contribution in [3.63, 3.8) is 0 Å². The van der Waals surface area contributed by atoms with Gasteiger partial charge in [0.2, 0.25) is 0 Å². The van der Waals surface area contributed by atoms with Crippen LogP contribution in [0.3, 0.4) is 0 Å². The predicted octanol–water partition coefficient (Wildman–Crippen LogP) is 1.74. The van der Waals surface area contributed by atoms with Gasteiger partial charge in [0.05, 0.1) is 6.42 Å². The van der Waals surface area contributed by atoms with E-state index in [2.05, 4.69) is 0 Å². The SMILES string of the molecule is CC1=CCC(CC(=O)O)=C1. The largest absolute Gasteiger partial charge is 0.481 e. The highest BCUT2D eigenvalue weighted by Crippen LogP contribution is 2.19. The molecule has 0 heterocycles. The van der Waals surface area contributed by atoms with Gasteiger partial charge in [-0.05, 0) is 13.3 Å². The molecular weight excluding hydrogens is 128 g/mol. The molecule has 0 unspecified atom stereocenters. The molecule has 1 aliphatic carbocycles.